The van der Waals surface area contributed by atoms with Crippen LogP contribution < -0.4 is 11.1 Å². The van der Waals surface area contributed by atoms with Gasteiger partial charge in [-0.1, -0.05) is 20.8 Å². The quantitative estimate of drug-likeness (QED) is 0.736. The average Bonchev–Trinajstić information content (AvgIpc) is 2.14. The van der Waals surface area contributed by atoms with Gasteiger partial charge in [-0.2, -0.15) is 0 Å². The van der Waals surface area contributed by atoms with Gasteiger partial charge in [-0.25, -0.2) is 4.98 Å². The maximum Gasteiger partial charge on any atom is 0.242 e. The Labute approximate surface area is 84.1 Å². The number of nitrogens with zero attached hydrogens (tertiary/aromatic N) is 3. The van der Waals surface area contributed by atoms with Gasteiger partial charge in [0.05, 0.1) is 11.9 Å². The van der Waals surface area contributed by atoms with Crippen molar-refractivity contribution in [2.24, 2.45) is 5.73 Å². The lowest BCUT2D eigenvalue weighted by molar-refractivity contribution is 0.554. The zero-order valence-corrected chi connectivity index (χ0v) is 8.91. The molecule has 0 atom stereocenters. The molecule has 3 N–H and O–H groups in total. The molecule has 78 valence electrons. The molecule has 0 radical (unpaired) electrons. The van der Waals surface area contributed by atoms with Crippen LogP contribution in [0.4, 0.5) is 5.95 Å². The Morgan fingerprint density at radius 3 is 2.50 bits per heavy atom. The molecule has 0 aliphatic heterocycles. The van der Waals surface area contributed by atoms with Crippen molar-refractivity contribution in [3.05, 3.63) is 11.9 Å². The lowest BCUT2D eigenvalue weighted by Crippen LogP contribution is -2.18. The summed E-state index contributed by atoms with van der Waals surface area (Å²) in [5.41, 5.74) is 6.21. The fourth-order valence-corrected chi connectivity index (χ4v) is 0.884. The molecule has 0 spiro atoms. The van der Waals surface area contributed by atoms with Gasteiger partial charge in [-0.05, 0) is 0 Å². The van der Waals surface area contributed by atoms with Gasteiger partial charge >= 0.3 is 0 Å². The summed E-state index contributed by atoms with van der Waals surface area (Å²) >= 11 is 0. The van der Waals surface area contributed by atoms with Gasteiger partial charge in [0.2, 0.25) is 5.95 Å². The van der Waals surface area contributed by atoms with Crippen LogP contribution in [-0.2, 0) is 5.41 Å². The highest BCUT2D eigenvalue weighted by atomic mass is 15.2. The Morgan fingerprint density at radius 2 is 2.07 bits per heavy atom. The van der Waals surface area contributed by atoms with E-state index in [1.54, 1.807) is 6.20 Å². The molecule has 0 aliphatic rings. The number of nitrogens with one attached hydrogen (secondary N) is 1. The molecule has 0 saturated carbocycles. The summed E-state index contributed by atoms with van der Waals surface area (Å²) in [6, 6.07) is 0. The molecule has 0 aliphatic carbocycles. The number of aromatic nitrogens is 3. The fourth-order valence-electron chi connectivity index (χ4n) is 0.884. The highest BCUT2D eigenvalue weighted by Gasteiger charge is 2.16. The minimum atomic E-state index is -0.00754. The Kier molecular flexibility index (Phi) is 3.35. The molecule has 1 aromatic heterocycles. The van der Waals surface area contributed by atoms with E-state index in [0.29, 0.717) is 19.0 Å². The molecule has 0 amide bonds. The van der Waals surface area contributed by atoms with E-state index in [9.17, 15) is 0 Å². The van der Waals surface area contributed by atoms with Crippen LogP contribution in [0.5, 0.6) is 0 Å². The summed E-state index contributed by atoms with van der Waals surface area (Å²) in [5, 5.41) is 11.0. The average molecular weight is 195 g/mol. The topological polar surface area (TPSA) is 76.7 Å². The van der Waals surface area contributed by atoms with Gasteiger partial charge in [0.25, 0.3) is 0 Å². The van der Waals surface area contributed by atoms with E-state index >= 15 is 0 Å². The summed E-state index contributed by atoms with van der Waals surface area (Å²) in [6.07, 6.45) is 1.74. The van der Waals surface area contributed by atoms with Crippen molar-refractivity contribution >= 4 is 5.95 Å². The third kappa shape index (κ3) is 2.92. The van der Waals surface area contributed by atoms with Gasteiger partial charge in [0, 0.05) is 18.5 Å². The molecule has 14 heavy (non-hydrogen) atoms. The summed E-state index contributed by atoms with van der Waals surface area (Å²) in [4.78, 5) is 4.14. The first-order valence-electron chi connectivity index (χ1n) is 4.68. The minimum Gasteiger partial charge on any atom is -0.352 e. The van der Waals surface area contributed by atoms with Crippen LogP contribution in [0, 0.1) is 0 Å². The fraction of sp³-hybridized carbons (Fsp3) is 0.667. The number of hydrogen-bond acceptors (Lipinski definition) is 5. The number of hydrogen-bond donors (Lipinski definition) is 2. The van der Waals surface area contributed by atoms with Crippen LogP contribution in [0.15, 0.2) is 6.20 Å². The van der Waals surface area contributed by atoms with Crippen molar-refractivity contribution in [2.75, 3.05) is 18.4 Å². The highest BCUT2D eigenvalue weighted by Crippen LogP contribution is 2.18. The zero-order valence-electron chi connectivity index (χ0n) is 8.91. The Hall–Kier alpha value is -1.23. The van der Waals surface area contributed by atoms with E-state index in [4.69, 9.17) is 5.73 Å². The molecule has 0 bridgehead atoms. The van der Waals surface area contributed by atoms with Crippen molar-refractivity contribution in [3.63, 3.8) is 0 Å². The standard InChI is InChI=1S/C9H17N5/c1-9(2,3)7-6-12-8(14-13-7)11-5-4-10/h6H,4-5,10H2,1-3H3,(H,11,12,14). The summed E-state index contributed by atoms with van der Waals surface area (Å²) in [5.74, 6) is 0.531. The maximum atomic E-state index is 5.34. The van der Waals surface area contributed by atoms with Crippen LogP contribution in [0.2, 0.25) is 0 Å². The smallest absolute Gasteiger partial charge is 0.242 e. The normalized spacial score (nSPS) is 11.4. The molecule has 5 heteroatoms. The highest BCUT2D eigenvalue weighted by molar-refractivity contribution is 5.22. The molecule has 0 aromatic carbocycles. The van der Waals surface area contributed by atoms with Crippen molar-refractivity contribution in [1.29, 1.82) is 0 Å². The van der Waals surface area contributed by atoms with E-state index < -0.39 is 0 Å². The molecule has 0 saturated heterocycles. The molecular formula is C9H17N5. The minimum absolute atomic E-state index is 0.00754. The molecule has 0 unspecified atom stereocenters. The summed E-state index contributed by atoms with van der Waals surface area (Å²) < 4.78 is 0. The molecular weight excluding hydrogens is 178 g/mol. The number of rotatable bonds is 3. The van der Waals surface area contributed by atoms with Gasteiger partial charge < -0.3 is 11.1 Å². The van der Waals surface area contributed by atoms with E-state index in [1.807, 2.05) is 0 Å². The molecule has 0 fully saturated rings. The lowest BCUT2D eigenvalue weighted by Gasteiger charge is -2.15. The second-order valence-electron chi connectivity index (χ2n) is 4.13. The number of nitrogens with two attached hydrogens (primary N) is 1. The van der Waals surface area contributed by atoms with Crippen LogP contribution in [0.25, 0.3) is 0 Å². The summed E-state index contributed by atoms with van der Waals surface area (Å²) in [6.45, 7) is 7.45. The van der Waals surface area contributed by atoms with E-state index in [0.717, 1.165) is 5.69 Å². The zero-order chi connectivity index (χ0) is 10.6. The van der Waals surface area contributed by atoms with Gasteiger partial charge in [-0.3, -0.25) is 0 Å². The maximum absolute atomic E-state index is 5.34. The summed E-state index contributed by atoms with van der Waals surface area (Å²) in [7, 11) is 0. The second kappa shape index (κ2) is 4.32. The second-order valence-corrected chi connectivity index (χ2v) is 4.13. The first kappa shape index (κ1) is 10.8. The van der Waals surface area contributed by atoms with Gasteiger partial charge in [0.1, 0.15) is 0 Å². The molecule has 5 nitrogen and oxygen atoms in total. The predicted octanol–water partition coefficient (Wildman–Crippen LogP) is 0.540. The van der Waals surface area contributed by atoms with Crippen molar-refractivity contribution < 1.29 is 0 Å². The Balaban J connectivity index is 2.69. The first-order chi connectivity index (χ1) is 6.54. The Morgan fingerprint density at radius 1 is 1.36 bits per heavy atom. The monoisotopic (exact) mass is 195 g/mol. The van der Waals surface area contributed by atoms with E-state index in [2.05, 4.69) is 41.3 Å². The van der Waals surface area contributed by atoms with Crippen LogP contribution in [-0.4, -0.2) is 28.3 Å². The Bertz CT molecular complexity index is 274. The molecule has 1 rings (SSSR count). The van der Waals surface area contributed by atoms with Crippen LogP contribution in [0.3, 0.4) is 0 Å². The first-order valence-corrected chi connectivity index (χ1v) is 4.68. The van der Waals surface area contributed by atoms with Crippen molar-refractivity contribution in [3.8, 4) is 0 Å². The SMILES string of the molecule is CC(C)(C)c1cnc(NCCN)nn1. The molecule has 1 heterocycles. The van der Waals surface area contributed by atoms with E-state index in [1.165, 1.54) is 0 Å². The van der Waals surface area contributed by atoms with Crippen molar-refractivity contribution in [1.82, 2.24) is 15.2 Å². The van der Waals surface area contributed by atoms with Gasteiger partial charge in [0.15, 0.2) is 0 Å². The third-order valence-corrected chi connectivity index (χ3v) is 1.76. The van der Waals surface area contributed by atoms with Gasteiger partial charge in [-0.15, -0.1) is 10.2 Å². The predicted molar refractivity (Wildman–Crippen MR) is 56.1 cm³/mol. The number of anilines is 1. The largest absolute Gasteiger partial charge is 0.352 e. The van der Waals surface area contributed by atoms with Crippen LogP contribution in [0.1, 0.15) is 26.5 Å². The molecule has 1 aromatic rings. The lowest BCUT2D eigenvalue weighted by atomic mass is 9.93. The van der Waals surface area contributed by atoms with Crippen molar-refractivity contribution in [2.45, 2.75) is 26.2 Å². The van der Waals surface area contributed by atoms with E-state index in [-0.39, 0.29) is 5.41 Å². The van der Waals surface area contributed by atoms with Crippen LogP contribution >= 0.6 is 0 Å². The third-order valence-electron chi connectivity index (χ3n) is 1.76.